The molecule has 0 unspecified atom stereocenters. The number of piperidine rings is 1. The molecule has 1 saturated heterocycles. The van der Waals surface area contributed by atoms with E-state index in [1.165, 1.54) is 16.4 Å². The zero-order valence-corrected chi connectivity index (χ0v) is 26.7. The predicted molar refractivity (Wildman–Crippen MR) is 175 cm³/mol. The van der Waals surface area contributed by atoms with E-state index >= 15 is 0 Å². The number of nitrogens with zero attached hydrogens (tertiary/aromatic N) is 2. The van der Waals surface area contributed by atoms with Crippen molar-refractivity contribution in [2.45, 2.75) is 37.7 Å². The number of sulfonamides is 1. The Morgan fingerprint density at radius 3 is 2.53 bits per heavy atom. The summed E-state index contributed by atoms with van der Waals surface area (Å²) in [7, 11) is -3.49. The highest BCUT2D eigenvalue weighted by atomic mass is 35.5. The Hall–Kier alpha value is -3.70. The second-order valence-corrected chi connectivity index (χ2v) is 14.2. The molecule has 45 heavy (non-hydrogen) atoms. The van der Waals surface area contributed by atoms with Gasteiger partial charge in [0.25, 0.3) is 0 Å². The molecule has 2 aliphatic heterocycles. The molecule has 4 aromatic rings. The molecule has 3 aromatic carbocycles. The van der Waals surface area contributed by atoms with Crippen LogP contribution in [-0.2, 0) is 26.7 Å². The monoisotopic (exact) mass is 668 g/mol. The van der Waals surface area contributed by atoms with E-state index in [0.29, 0.717) is 36.1 Å². The Kier molecular flexibility index (Phi) is 8.51. The van der Waals surface area contributed by atoms with Crippen molar-refractivity contribution in [3.63, 3.8) is 0 Å². The Labute approximate surface area is 271 Å². The summed E-state index contributed by atoms with van der Waals surface area (Å²) in [5.41, 5.74) is 9.52. The van der Waals surface area contributed by atoms with Crippen molar-refractivity contribution in [1.29, 1.82) is 0 Å². The van der Waals surface area contributed by atoms with Crippen LogP contribution in [0.4, 0.5) is 15.9 Å². The molecule has 12 heteroatoms. The molecule has 1 atom stereocenters. The molecule has 0 saturated carbocycles. The number of nitrogen functional groups attached to an aromatic ring is 1. The molecule has 2 aliphatic rings. The summed E-state index contributed by atoms with van der Waals surface area (Å²) in [5.74, 6) is -0.341. The minimum atomic E-state index is -3.49. The molecule has 0 bridgehead atoms. The highest BCUT2D eigenvalue weighted by molar-refractivity contribution is 7.89. The van der Waals surface area contributed by atoms with Gasteiger partial charge in [-0.3, -0.25) is 4.79 Å². The summed E-state index contributed by atoms with van der Waals surface area (Å²) >= 11 is 12.5. The number of nitrogens with one attached hydrogen (secondary N) is 1. The summed E-state index contributed by atoms with van der Waals surface area (Å²) < 4.78 is 48.1. The van der Waals surface area contributed by atoms with Crippen LogP contribution < -0.4 is 15.8 Å². The van der Waals surface area contributed by atoms with Crippen molar-refractivity contribution >= 4 is 50.6 Å². The largest absolute Gasteiger partial charge is 0.482 e. The maximum Gasteiger partial charge on any atom is 0.235 e. The molecule has 1 fully saturated rings. The molecule has 0 aliphatic carbocycles. The normalized spacial score (nSPS) is 16.8. The van der Waals surface area contributed by atoms with E-state index in [-0.39, 0.29) is 46.4 Å². The molecular formula is C33H31Cl2FN4O4S. The first-order chi connectivity index (χ1) is 21.5. The zero-order valence-electron chi connectivity index (χ0n) is 24.4. The summed E-state index contributed by atoms with van der Waals surface area (Å²) in [5, 5.41) is 3.12. The van der Waals surface area contributed by atoms with Gasteiger partial charge in [-0.15, -0.1) is 0 Å². The number of carbonyl (C=O) groups excluding carboxylic acids is 1. The van der Waals surface area contributed by atoms with Gasteiger partial charge in [0.2, 0.25) is 15.9 Å². The standard InChI is InChI=1S/C33H31Cl2FN4O4S/c1-20(29-25(34)8-9-26(36)30(29)35)44-28-18-23(19-38-31(28)37)22-7-10-27-24(17-22)33(32(41)39-27)12-14-40(15-13-33)45(42,43)16-11-21-5-3-2-4-6-21/h2-10,17-20H,11-16H2,1H3,(H2,37,38)(H,39,41)/t20-/m1/s1. The van der Waals surface area contributed by atoms with Gasteiger partial charge in [-0.2, -0.15) is 0 Å². The van der Waals surface area contributed by atoms with Gasteiger partial charge in [-0.1, -0.05) is 59.6 Å². The number of nitrogens with two attached hydrogens (primary N) is 1. The van der Waals surface area contributed by atoms with E-state index in [9.17, 15) is 17.6 Å². The predicted octanol–water partition coefficient (Wildman–Crippen LogP) is 6.77. The van der Waals surface area contributed by atoms with Gasteiger partial charge in [-0.25, -0.2) is 22.1 Å². The Morgan fingerprint density at radius 2 is 1.80 bits per heavy atom. The van der Waals surface area contributed by atoms with Gasteiger partial charge in [0.1, 0.15) is 11.9 Å². The van der Waals surface area contributed by atoms with E-state index in [1.54, 1.807) is 19.2 Å². The molecule has 234 valence electrons. The number of carbonyl (C=O) groups is 1. The number of anilines is 2. The van der Waals surface area contributed by atoms with Crippen molar-refractivity contribution in [3.05, 3.63) is 105 Å². The van der Waals surface area contributed by atoms with E-state index in [0.717, 1.165) is 16.7 Å². The molecule has 0 radical (unpaired) electrons. The van der Waals surface area contributed by atoms with Crippen molar-refractivity contribution < 1.29 is 22.3 Å². The van der Waals surface area contributed by atoms with E-state index < -0.39 is 27.4 Å². The van der Waals surface area contributed by atoms with E-state index in [1.807, 2.05) is 48.5 Å². The number of aryl methyl sites for hydroxylation is 1. The number of hydrogen-bond acceptors (Lipinski definition) is 6. The fourth-order valence-corrected chi connectivity index (χ4v) is 8.30. The minimum Gasteiger partial charge on any atom is -0.482 e. The highest BCUT2D eigenvalue weighted by Crippen LogP contribution is 2.47. The average Bonchev–Trinajstić information content (AvgIpc) is 3.29. The summed E-state index contributed by atoms with van der Waals surface area (Å²) in [6.07, 6.45) is 2.02. The fraction of sp³-hybridized carbons (Fsp3) is 0.273. The summed E-state index contributed by atoms with van der Waals surface area (Å²) in [6, 6.07) is 19.5. The van der Waals surface area contributed by atoms with Crippen LogP contribution in [0.15, 0.2) is 72.9 Å². The van der Waals surface area contributed by atoms with Crippen LogP contribution in [0.25, 0.3) is 11.1 Å². The third kappa shape index (κ3) is 6.00. The van der Waals surface area contributed by atoms with Crippen LogP contribution in [0.3, 0.4) is 0 Å². The lowest BCUT2D eigenvalue weighted by Gasteiger charge is -2.37. The summed E-state index contributed by atoms with van der Waals surface area (Å²) in [4.78, 5) is 17.7. The Balaban J connectivity index is 1.22. The first kappa shape index (κ1) is 31.3. The first-order valence-corrected chi connectivity index (χ1v) is 16.9. The molecule has 3 heterocycles. The number of fused-ring (bicyclic) bond motifs is 2. The lowest BCUT2D eigenvalue weighted by atomic mass is 9.73. The smallest absolute Gasteiger partial charge is 0.235 e. The number of aromatic nitrogens is 1. The highest BCUT2D eigenvalue weighted by Gasteiger charge is 2.49. The number of amides is 1. The van der Waals surface area contributed by atoms with Crippen LogP contribution in [-0.4, -0.2) is 42.5 Å². The number of rotatable bonds is 8. The molecular weight excluding hydrogens is 638 g/mol. The lowest BCUT2D eigenvalue weighted by Crippen LogP contribution is -2.48. The third-order valence-electron chi connectivity index (χ3n) is 8.68. The van der Waals surface area contributed by atoms with Crippen LogP contribution >= 0.6 is 23.2 Å². The first-order valence-electron chi connectivity index (χ1n) is 14.5. The third-order valence-corrected chi connectivity index (χ3v) is 11.3. The number of ether oxygens (including phenoxy) is 1. The molecule has 8 nitrogen and oxygen atoms in total. The number of benzene rings is 3. The molecule has 1 amide bonds. The van der Waals surface area contributed by atoms with Crippen LogP contribution in [0.5, 0.6) is 5.75 Å². The van der Waals surface area contributed by atoms with Crippen LogP contribution in [0.1, 0.15) is 42.6 Å². The fourth-order valence-electron chi connectivity index (χ4n) is 6.13. The van der Waals surface area contributed by atoms with Gasteiger partial charge in [-0.05, 0) is 73.2 Å². The molecule has 3 N–H and O–H groups in total. The topological polar surface area (TPSA) is 115 Å². The summed E-state index contributed by atoms with van der Waals surface area (Å²) in [6.45, 7) is 2.18. The van der Waals surface area contributed by atoms with Crippen molar-refractivity contribution in [1.82, 2.24) is 9.29 Å². The lowest BCUT2D eigenvalue weighted by molar-refractivity contribution is -0.122. The van der Waals surface area contributed by atoms with Crippen LogP contribution in [0.2, 0.25) is 10.0 Å². The van der Waals surface area contributed by atoms with Gasteiger partial charge < -0.3 is 15.8 Å². The quantitative estimate of drug-likeness (QED) is 0.200. The Morgan fingerprint density at radius 1 is 1.07 bits per heavy atom. The molecule has 1 spiro atoms. The van der Waals surface area contributed by atoms with Gasteiger partial charge >= 0.3 is 0 Å². The van der Waals surface area contributed by atoms with Gasteiger partial charge in [0.15, 0.2) is 11.6 Å². The Bertz CT molecular complexity index is 1880. The SMILES string of the molecule is C[C@@H](Oc1cc(-c2ccc3c(c2)C2(CCN(S(=O)(=O)CCc4ccccc4)CC2)C(=O)N3)cnc1N)c1c(Cl)ccc(F)c1Cl. The number of halogens is 3. The molecule has 6 rings (SSSR count). The average molecular weight is 670 g/mol. The van der Waals surface area contributed by atoms with Crippen molar-refractivity contribution in [2.24, 2.45) is 0 Å². The van der Waals surface area contributed by atoms with Crippen LogP contribution in [0, 0.1) is 5.82 Å². The van der Waals surface area contributed by atoms with Crippen molar-refractivity contribution in [3.8, 4) is 16.9 Å². The van der Waals surface area contributed by atoms with Crippen molar-refractivity contribution in [2.75, 3.05) is 29.9 Å². The number of hydrogen-bond donors (Lipinski definition) is 2. The minimum absolute atomic E-state index is 0.0156. The zero-order chi connectivity index (χ0) is 31.9. The maximum atomic E-state index is 14.1. The second-order valence-electron chi connectivity index (χ2n) is 11.4. The van der Waals surface area contributed by atoms with Gasteiger partial charge in [0, 0.05) is 41.1 Å². The van der Waals surface area contributed by atoms with E-state index in [2.05, 4.69) is 10.3 Å². The van der Waals surface area contributed by atoms with E-state index in [4.69, 9.17) is 33.7 Å². The number of pyridine rings is 1. The maximum absolute atomic E-state index is 14.1. The van der Waals surface area contributed by atoms with Gasteiger partial charge in [0.05, 0.1) is 16.2 Å². The molecule has 1 aromatic heterocycles. The second kappa shape index (κ2) is 12.2.